The lowest BCUT2D eigenvalue weighted by Crippen LogP contribution is -2.37. The fourth-order valence-electron chi connectivity index (χ4n) is 2.28. The van der Waals surface area contributed by atoms with Crippen LogP contribution in [-0.2, 0) is 16.0 Å². The molecule has 7 nitrogen and oxygen atoms in total. The maximum absolute atomic E-state index is 11.7. The number of hydrogen-bond donors (Lipinski definition) is 3. The average Bonchev–Trinajstić information content (AvgIpc) is 3.27. The van der Waals surface area contributed by atoms with Gasteiger partial charge in [-0.05, 0) is 30.3 Å². The molecule has 0 aliphatic rings. The summed E-state index contributed by atoms with van der Waals surface area (Å²) in [6, 6.07) is 11.2. The minimum Gasteiger partial charge on any atom is -0.465 e. The van der Waals surface area contributed by atoms with Crippen molar-refractivity contribution < 1.29 is 14.0 Å². The Morgan fingerprint density at radius 3 is 2.84 bits per heavy atom. The van der Waals surface area contributed by atoms with Gasteiger partial charge in [-0.2, -0.15) is 0 Å². The summed E-state index contributed by atoms with van der Waals surface area (Å²) < 4.78 is 5.07. The third kappa shape index (κ3) is 4.81. The highest BCUT2D eigenvalue weighted by molar-refractivity contribution is 5.94. The molecule has 128 valence electrons. The van der Waals surface area contributed by atoms with E-state index in [9.17, 15) is 9.59 Å². The summed E-state index contributed by atoms with van der Waals surface area (Å²) in [5, 5.41) is 5.26. The molecule has 2 aromatic heterocycles. The monoisotopic (exact) mass is 338 g/mol. The summed E-state index contributed by atoms with van der Waals surface area (Å²) in [5.74, 6) is 0.775. The predicted octanol–water partition coefficient (Wildman–Crippen LogP) is 1.64. The second-order valence-corrected chi connectivity index (χ2v) is 5.37. The van der Waals surface area contributed by atoms with E-state index >= 15 is 0 Å². The van der Waals surface area contributed by atoms with Gasteiger partial charge in [0.05, 0.1) is 23.8 Å². The number of nitrogens with zero attached hydrogens (tertiary/aromatic N) is 1. The van der Waals surface area contributed by atoms with Gasteiger partial charge in [0.15, 0.2) is 0 Å². The van der Waals surface area contributed by atoms with Crippen molar-refractivity contribution in [3.63, 3.8) is 0 Å². The number of fused-ring (bicyclic) bond motifs is 1. The summed E-state index contributed by atoms with van der Waals surface area (Å²) >= 11 is 0. The fraction of sp³-hybridized carbons (Fsp3) is 0.167. The molecule has 0 unspecified atom stereocenters. The standard InChI is InChI=1S/C18H18N4O3/c23-17(8-7-13-4-3-11-25-13)20-12-18(24)19-10-9-16-21-14-5-1-2-6-15(14)22-16/h1-8,11H,9-10,12H2,(H,19,24)(H,20,23)(H,21,22)/b8-7+. The number of benzene rings is 1. The zero-order valence-electron chi connectivity index (χ0n) is 13.5. The average molecular weight is 338 g/mol. The summed E-state index contributed by atoms with van der Waals surface area (Å²) in [6.07, 6.45) is 4.97. The third-order valence-electron chi connectivity index (χ3n) is 3.49. The highest BCUT2D eigenvalue weighted by atomic mass is 16.3. The van der Waals surface area contributed by atoms with Crippen molar-refractivity contribution in [2.24, 2.45) is 0 Å². The molecule has 0 aliphatic heterocycles. The fourth-order valence-corrected chi connectivity index (χ4v) is 2.28. The Bertz CT molecular complexity index is 848. The summed E-state index contributed by atoms with van der Waals surface area (Å²) in [7, 11) is 0. The lowest BCUT2D eigenvalue weighted by Gasteiger charge is -2.04. The Kier molecular flexibility index (Phi) is 5.26. The first-order valence-electron chi connectivity index (χ1n) is 7.90. The molecule has 0 bridgehead atoms. The molecule has 7 heteroatoms. The second kappa shape index (κ2) is 7.96. The number of amides is 2. The number of aromatic amines is 1. The van der Waals surface area contributed by atoms with Gasteiger partial charge in [0.2, 0.25) is 11.8 Å². The van der Waals surface area contributed by atoms with Gasteiger partial charge in [-0.1, -0.05) is 12.1 Å². The van der Waals surface area contributed by atoms with Gasteiger partial charge in [0, 0.05) is 19.0 Å². The SMILES string of the molecule is O=C(/C=C/c1ccco1)NCC(=O)NCCc1nc2ccccc2[nH]1. The molecular formula is C18H18N4O3. The van der Waals surface area contributed by atoms with Crippen LogP contribution in [0.1, 0.15) is 11.6 Å². The van der Waals surface area contributed by atoms with Crippen LogP contribution in [0, 0.1) is 0 Å². The Morgan fingerprint density at radius 1 is 1.16 bits per heavy atom. The van der Waals surface area contributed by atoms with Crippen molar-refractivity contribution in [2.45, 2.75) is 6.42 Å². The van der Waals surface area contributed by atoms with E-state index in [-0.39, 0.29) is 18.4 Å². The first kappa shape index (κ1) is 16.5. The molecule has 0 radical (unpaired) electrons. The lowest BCUT2D eigenvalue weighted by molar-refractivity contribution is -0.123. The van der Waals surface area contributed by atoms with E-state index in [0.29, 0.717) is 18.7 Å². The van der Waals surface area contributed by atoms with E-state index < -0.39 is 0 Å². The van der Waals surface area contributed by atoms with Crippen LogP contribution < -0.4 is 10.6 Å². The van der Waals surface area contributed by atoms with Gasteiger partial charge in [-0.15, -0.1) is 0 Å². The lowest BCUT2D eigenvalue weighted by atomic mass is 10.3. The molecule has 3 N–H and O–H groups in total. The minimum atomic E-state index is -0.358. The number of hydrogen-bond acceptors (Lipinski definition) is 4. The Hall–Kier alpha value is -3.35. The zero-order chi connectivity index (χ0) is 17.5. The number of imidazole rings is 1. The van der Waals surface area contributed by atoms with Crippen LogP contribution in [0.5, 0.6) is 0 Å². The van der Waals surface area contributed by atoms with Crippen LogP contribution in [0.3, 0.4) is 0 Å². The Morgan fingerprint density at radius 2 is 2.04 bits per heavy atom. The molecule has 3 aromatic rings. The first-order chi connectivity index (χ1) is 12.2. The number of aromatic nitrogens is 2. The quantitative estimate of drug-likeness (QED) is 0.570. The van der Waals surface area contributed by atoms with Gasteiger partial charge in [0.1, 0.15) is 11.6 Å². The van der Waals surface area contributed by atoms with Crippen molar-refractivity contribution >= 4 is 28.9 Å². The van der Waals surface area contributed by atoms with Crippen molar-refractivity contribution in [3.8, 4) is 0 Å². The number of carbonyl (C=O) groups is 2. The highest BCUT2D eigenvalue weighted by Crippen LogP contribution is 2.10. The molecule has 25 heavy (non-hydrogen) atoms. The number of rotatable bonds is 7. The van der Waals surface area contributed by atoms with E-state index in [4.69, 9.17) is 4.42 Å². The molecule has 3 rings (SSSR count). The van der Waals surface area contributed by atoms with Crippen LogP contribution in [-0.4, -0.2) is 34.9 Å². The van der Waals surface area contributed by atoms with Gasteiger partial charge < -0.3 is 20.0 Å². The van der Waals surface area contributed by atoms with E-state index in [1.807, 2.05) is 24.3 Å². The van der Waals surface area contributed by atoms with Crippen molar-refractivity contribution in [1.29, 1.82) is 0 Å². The number of para-hydroxylation sites is 2. The van der Waals surface area contributed by atoms with E-state index in [1.54, 1.807) is 12.1 Å². The molecule has 2 amide bonds. The molecule has 0 saturated heterocycles. The van der Waals surface area contributed by atoms with Gasteiger partial charge in [0.25, 0.3) is 0 Å². The van der Waals surface area contributed by atoms with Crippen LogP contribution in [0.15, 0.2) is 53.2 Å². The Labute approximate surface area is 144 Å². The maximum Gasteiger partial charge on any atom is 0.244 e. The van der Waals surface area contributed by atoms with Crippen LogP contribution in [0.4, 0.5) is 0 Å². The third-order valence-corrected chi connectivity index (χ3v) is 3.49. The molecule has 2 heterocycles. The molecule has 0 saturated carbocycles. The number of nitrogens with one attached hydrogen (secondary N) is 3. The predicted molar refractivity (Wildman–Crippen MR) is 93.6 cm³/mol. The van der Waals surface area contributed by atoms with Crippen molar-refractivity contribution in [3.05, 3.63) is 60.3 Å². The van der Waals surface area contributed by atoms with E-state index in [1.165, 1.54) is 18.4 Å². The molecule has 0 aliphatic carbocycles. The summed E-state index contributed by atoms with van der Waals surface area (Å²) in [4.78, 5) is 31.0. The molecular weight excluding hydrogens is 320 g/mol. The van der Waals surface area contributed by atoms with Crippen LogP contribution in [0.2, 0.25) is 0 Å². The molecule has 0 fully saturated rings. The van der Waals surface area contributed by atoms with Crippen molar-refractivity contribution in [2.75, 3.05) is 13.1 Å². The topological polar surface area (TPSA) is 100 Å². The van der Waals surface area contributed by atoms with Gasteiger partial charge in [-0.25, -0.2) is 4.98 Å². The largest absolute Gasteiger partial charge is 0.465 e. The van der Waals surface area contributed by atoms with E-state index in [0.717, 1.165) is 16.9 Å². The van der Waals surface area contributed by atoms with E-state index in [2.05, 4.69) is 20.6 Å². The summed E-state index contributed by atoms with van der Waals surface area (Å²) in [6.45, 7) is 0.359. The minimum absolute atomic E-state index is 0.0819. The number of H-pyrrole nitrogens is 1. The molecule has 1 aromatic carbocycles. The smallest absolute Gasteiger partial charge is 0.244 e. The first-order valence-corrected chi connectivity index (χ1v) is 7.90. The normalized spacial score (nSPS) is 11.0. The van der Waals surface area contributed by atoms with Crippen LogP contribution in [0.25, 0.3) is 17.1 Å². The molecule has 0 atom stereocenters. The second-order valence-electron chi connectivity index (χ2n) is 5.37. The van der Waals surface area contributed by atoms with Crippen LogP contribution >= 0.6 is 0 Å². The van der Waals surface area contributed by atoms with Gasteiger partial charge >= 0.3 is 0 Å². The molecule has 0 spiro atoms. The highest BCUT2D eigenvalue weighted by Gasteiger charge is 2.05. The number of furan rings is 1. The maximum atomic E-state index is 11.7. The zero-order valence-corrected chi connectivity index (χ0v) is 13.5. The Balaban J connectivity index is 1.37. The van der Waals surface area contributed by atoms with Crippen molar-refractivity contribution in [1.82, 2.24) is 20.6 Å². The number of carbonyl (C=O) groups excluding carboxylic acids is 2. The summed E-state index contributed by atoms with van der Waals surface area (Å²) in [5.41, 5.74) is 1.87. The van der Waals surface area contributed by atoms with Gasteiger partial charge in [-0.3, -0.25) is 9.59 Å².